The number of nitrogens with zero attached hydrogens (tertiary/aromatic N) is 3. The fraction of sp³-hybridized carbons (Fsp3) is 0.0556. The number of rotatable bonds is 4. The molecule has 0 aliphatic carbocycles. The molecule has 6 nitrogen and oxygen atoms in total. The van der Waals surface area contributed by atoms with Crippen LogP contribution in [0.4, 0.5) is 0 Å². The molecule has 118 valence electrons. The van der Waals surface area contributed by atoms with Gasteiger partial charge in [-0.3, -0.25) is 10.1 Å². The Kier molecular flexibility index (Phi) is 3.64. The fourth-order valence-corrected chi connectivity index (χ4v) is 2.46. The van der Waals surface area contributed by atoms with Crippen molar-refractivity contribution in [3.8, 4) is 22.9 Å². The fourth-order valence-electron chi connectivity index (χ4n) is 2.46. The third kappa shape index (κ3) is 2.82. The van der Waals surface area contributed by atoms with E-state index in [0.29, 0.717) is 18.2 Å². The second-order valence-corrected chi connectivity index (χ2v) is 5.32. The van der Waals surface area contributed by atoms with Gasteiger partial charge in [0.15, 0.2) is 0 Å². The highest BCUT2D eigenvalue weighted by Crippen LogP contribution is 2.25. The van der Waals surface area contributed by atoms with E-state index in [1.165, 1.54) is 0 Å². The minimum Gasteiger partial charge on any atom is -0.439 e. The summed E-state index contributed by atoms with van der Waals surface area (Å²) in [7, 11) is 0. The second-order valence-electron chi connectivity index (χ2n) is 5.32. The van der Waals surface area contributed by atoms with Crippen LogP contribution >= 0.6 is 0 Å². The Morgan fingerprint density at radius 3 is 2.75 bits per heavy atom. The molecule has 0 bridgehead atoms. The number of aromatic amines is 1. The van der Waals surface area contributed by atoms with Crippen molar-refractivity contribution < 1.29 is 4.74 Å². The van der Waals surface area contributed by atoms with Crippen LogP contribution in [0.1, 0.15) is 5.69 Å². The largest absolute Gasteiger partial charge is 0.439 e. The van der Waals surface area contributed by atoms with Crippen molar-refractivity contribution in [2.75, 3.05) is 0 Å². The van der Waals surface area contributed by atoms with Gasteiger partial charge < -0.3 is 10.5 Å². The zero-order valence-electron chi connectivity index (χ0n) is 12.8. The zero-order chi connectivity index (χ0) is 16.4. The lowest BCUT2D eigenvalue weighted by molar-refractivity contribution is 0.464. The van der Waals surface area contributed by atoms with E-state index in [1.54, 1.807) is 12.4 Å². The Labute approximate surface area is 138 Å². The quantitative estimate of drug-likeness (QED) is 0.603. The van der Waals surface area contributed by atoms with Crippen molar-refractivity contribution in [2.24, 2.45) is 5.73 Å². The summed E-state index contributed by atoms with van der Waals surface area (Å²) in [6.45, 7) is 0.431. The number of nitrogens with one attached hydrogen (secondary N) is 1. The van der Waals surface area contributed by atoms with Crippen molar-refractivity contribution in [3.63, 3.8) is 0 Å². The molecule has 3 heterocycles. The number of pyridine rings is 2. The van der Waals surface area contributed by atoms with Crippen LogP contribution in [0.3, 0.4) is 0 Å². The molecular formula is C18H15N5O. The highest BCUT2D eigenvalue weighted by molar-refractivity contribution is 5.80. The molecule has 3 N–H and O–H groups in total. The Bertz CT molecular complexity index is 965. The average molecular weight is 317 g/mol. The molecule has 0 spiro atoms. The van der Waals surface area contributed by atoms with Crippen molar-refractivity contribution in [1.82, 2.24) is 20.2 Å². The number of fused-ring (bicyclic) bond motifs is 1. The molecule has 4 rings (SSSR count). The number of ether oxygens (including phenoxy) is 1. The number of hydrogen-bond donors (Lipinski definition) is 2. The molecular weight excluding hydrogens is 302 g/mol. The number of benzene rings is 1. The molecule has 0 radical (unpaired) electrons. The van der Waals surface area contributed by atoms with Gasteiger partial charge in [0, 0.05) is 36.0 Å². The van der Waals surface area contributed by atoms with E-state index in [-0.39, 0.29) is 0 Å². The van der Waals surface area contributed by atoms with E-state index in [2.05, 4.69) is 20.2 Å². The smallest absolute Gasteiger partial charge is 0.219 e. The molecule has 24 heavy (non-hydrogen) atoms. The summed E-state index contributed by atoms with van der Waals surface area (Å²) in [6.07, 6.45) is 3.46. The van der Waals surface area contributed by atoms with Crippen LogP contribution in [0.15, 0.2) is 60.9 Å². The Hall–Kier alpha value is -3.25. The van der Waals surface area contributed by atoms with Crippen LogP contribution in [0.2, 0.25) is 0 Å². The lowest BCUT2D eigenvalue weighted by Crippen LogP contribution is -1.99. The van der Waals surface area contributed by atoms with Gasteiger partial charge in [-0.1, -0.05) is 6.07 Å². The number of H-pyrrole nitrogens is 1. The molecule has 1 aromatic carbocycles. The van der Waals surface area contributed by atoms with E-state index in [9.17, 15) is 0 Å². The average Bonchev–Trinajstić information content (AvgIpc) is 3.16. The lowest BCUT2D eigenvalue weighted by atomic mass is 10.2. The zero-order valence-corrected chi connectivity index (χ0v) is 12.8. The minimum absolute atomic E-state index is 0.431. The van der Waals surface area contributed by atoms with Gasteiger partial charge in [-0.15, -0.1) is 0 Å². The van der Waals surface area contributed by atoms with Gasteiger partial charge in [0.2, 0.25) is 5.88 Å². The highest BCUT2D eigenvalue weighted by Gasteiger charge is 2.04. The first-order chi connectivity index (χ1) is 11.8. The third-order valence-electron chi connectivity index (χ3n) is 3.70. The predicted octanol–water partition coefficient (Wildman–Crippen LogP) is 3.27. The Morgan fingerprint density at radius 1 is 1.04 bits per heavy atom. The molecule has 0 aliphatic heterocycles. The van der Waals surface area contributed by atoms with E-state index in [4.69, 9.17) is 10.5 Å². The topological polar surface area (TPSA) is 89.7 Å². The van der Waals surface area contributed by atoms with Gasteiger partial charge in [-0.25, -0.2) is 4.98 Å². The summed E-state index contributed by atoms with van der Waals surface area (Å²) in [4.78, 5) is 8.81. The summed E-state index contributed by atoms with van der Waals surface area (Å²) in [6, 6.07) is 15.3. The van der Waals surface area contributed by atoms with E-state index < -0.39 is 0 Å². The predicted molar refractivity (Wildman–Crippen MR) is 91.5 cm³/mol. The molecule has 0 aliphatic rings. The van der Waals surface area contributed by atoms with Crippen molar-refractivity contribution in [2.45, 2.75) is 6.54 Å². The van der Waals surface area contributed by atoms with Crippen LogP contribution in [0.5, 0.6) is 11.6 Å². The maximum absolute atomic E-state index is 5.83. The van der Waals surface area contributed by atoms with Crippen LogP contribution in [0, 0.1) is 0 Å². The van der Waals surface area contributed by atoms with Gasteiger partial charge in [0.1, 0.15) is 5.75 Å². The number of hydrogen-bond acceptors (Lipinski definition) is 5. The van der Waals surface area contributed by atoms with E-state index in [0.717, 1.165) is 27.9 Å². The van der Waals surface area contributed by atoms with Crippen molar-refractivity contribution in [3.05, 3.63) is 66.6 Å². The maximum atomic E-state index is 5.83. The molecule has 0 amide bonds. The molecule has 4 aromatic rings. The first-order valence-electron chi connectivity index (χ1n) is 7.55. The second kappa shape index (κ2) is 6.10. The molecule has 0 atom stereocenters. The minimum atomic E-state index is 0.431. The Balaban J connectivity index is 1.57. The van der Waals surface area contributed by atoms with Crippen LogP contribution in [-0.4, -0.2) is 20.2 Å². The standard InChI is InChI=1S/C18H15N5O/c19-10-14-3-1-12-9-15(4-5-16(12)22-14)24-18-6-2-13(11-20-18)17-7-8-21-23-17/h1-9,11H,10,19H2,(H,21,23). The van der Waals surface area contributed by atoms with Crippen molar-refractivity contribution >= 4 is 10.9 Å². The Morgan fingerprint density at radius 2 is 2.00 bits per heavy atom. The molecule has 3 aromatic heterocycles. The molecule has 0 unspecified atom stereocenters. The first-order valence-corrected chi connectivity index (χ1v) is 7.55. The van der Waals surface area contributed by atoms with Crippen molar-refractivity contribution in [1.29, 1.82) is 0 Å². The van der Waals surface area contributed by atoms with Gasteiger partial charge >= 0.3 is 0 Å². The molecule has 0 fully saturated rings. The lowest BCUT2D eigenvalue weighted by Gasteiger charge is -2.07. The van der Waals surface area contributed by atoms with Gasteiger partial charge in [-0.2, -0.15) is 5.10 Å². The summed E-state index contributed by atoms with van der Waals surface area (Å²) in [5.41, 5.74) is 9.26. The van der Waals surface area contributed by atoms with Crippen LogP contribution in [0.25, 0.3) is 22.2 Å². The number of nitrogens with two attached hydrogens (primary N) is 1. The normalized spacial score (nSPS) is 10.9. The highest BCUT2D eigenvalue weighted by atomic mass is 16.5. The summed E-state index contributed by atoms with van der Waals surface area (Å²) in [5.74, 6) is 1.25. The summed E-state index contributed by atoms with van der Waals surface area (Å²) < 4.78 is 5.83. The third-order valence-corrected chi connectivity index (χ3v) is 3.70. The maximum Gasteiger partial charge on any atom is 0.219 e. The SMILES string of the molecule is NCc1ccc2cc(Oc3ccc(-c4ccn[nH]4)cn3)ccc2n1. The summed E-state index contributed by atoms with van der Waals surface area (Å²) >= 11 is 0. The van der Waals surface area contributed by atoms with Gasteiger partial charge in [0.05, 0.1) is 16.9 Å². The van der Waals surface area contributed by atoms with Gasteiger partial charge in [0.25, 0.3) is 0 Å². The number of aromatic nitrogens is 4. The monoisotopic (exact) mass is 317 g/mol. The molecule has 0 saturated carbocycles. The van der Waals surface area contributed by atoms with E-state index in [1.807, 2.05) is 48.5 Å². The molecule has 6 heteroatoms. The molecule has 0 saturated heterocycles. The van der Waals surface area contributed by atoms with Crippen LogP contribution < -0.4 is 10.5 Å². The summed E-state index contributed by atoms with van der Waals surface area (Å²) in [5, 5.41) is 7.84. The van der Waals surface area contributed by atoms with E-state index >= 15 is 0 Å². The first kappa shape index (κ1) is 14.3. The van der Waals surface area contributed by atoms with Crippen LogP contribution in [-0.2, 0) is 6.54 Å². The van der Waals surface area contributed by atoms with Gasteiger partial charge in [-0.05, 0) is 36.4 Å².